The zero-order valence-corrected chi connectivity index (χ0v) is 11.0. The smallest absolute Gasteiger partial charge is 0.259 e. The van der Waals surface area contributed by atoms with Gasteiger partial charge in [-0.05, 0) is 30.3 Å². The number of anilines is 2. The molecule has 0 saturated heterocycles. The minimum absolute atomic E-state index is 0.269. The van der Waals surface area contributed by atoms with Gasteiger partial charge in [-0.1, -0.05) is 11.6 Å². The molecule has 0 unspecified atom stereocenters. The maximum absolute atomic E-state index is 12.2. The molecular weight excluding hydrogens is 278 g/mol. The number of hydrogen-bond acceptors (Lipinski definition) is 4. The molecule has 0 aliphatic rings. The van der Waals surface area contributed by atoms with E-state index in [1.165, 1.54) is 0 Å². The van der Waals surface area contributed by atoms with Gasteiger partial charge < -0.3 is 16.0 Å². The summed E-state index contributed by atoms with van der Waals surface area (Å²) in [5.74, 6) is 0.0573. The molecule has 0 spiro atoms. The minimum atomic E-state index is -0.280. The van der Waals surface area contributed by atoms with Crippen LogP contribution in [0, 0.1) is 0 Å². The van der Waals surface area contributed by atoms with Crippen molar-refractivity contribution in [2.75, 3.05) is 11.1 Å². The summed E-state index contributed by atoms with van der Waals surface area (Å²) in [5, 5.41) is 11.2. The van der Waals surface area contributed by atoms with E-state index in [1.807, 2.05) is 0 Å². The third-order valence-electron chi connectivity index (χ3n) is 2.82. The number of nitrogens with zero attached hydrogens (tertiary/aromatic N) is 2. The van der Waals surface area contributed by atoms with Gasteiger partial charge in [0.2, 0.25) is 0 Å². The first-order valence-electron chi connectivity index (χ1n) is 5.81. The van der Waals surface area contributed by atoms with Crippen LogP contribution in [0.3, 0.4) is 0 Å². The van der Waals surface area contributed by atoms with E-state index in [1.54, 1.807) is 36.5 Å². The summed E-state index contributed by atoms with van der Waals surface area (Å²) in [6.07, 6.45) is 1.63. The first-order valence-corrected chi connectivity index (χ1v) is 6.18. The van der Waals surface area contributed by atoms with E-state index in [-0.39, 0.29) is 11.1 Å². The standard InChI is InChI=1S/C13H10ClN5O/c14-11-3-4-12(19-18-11)17-13(20)9-6-16-10-5-7(15)1-2-8(9)10/h1-6,16H,15H2,(H,17,19,20). The van der Waals surface area contributed by atoms with E-state index in [0.717, 1.165) is 10.9 Å². The Labute approximate surface area is 119 Å². The van der Waals surface area contributed by atoms with E-state index in [9.17, 15) is 4.79 Å². The Hall–Kier alpha value is -2.60. The van der Waals surface area contributed by atoms with Gasteiger partial charge in [0, 0.05) is 22.8 Å². The molecule has 0 aliphatic heterocycles. The van der Waals surface area contributed by atoms with E-state index in [2.05, 4.69) is 20.5 Å². The number of amides is 1. The van der Waals surface area contributed by atoms with Gasteiger partial charge in [-0.25, -0.2) is 0 Å². The first kappa shape index (κ1) is 12.4. The number of halogens is 1. The number of carbonyl (C=O) groups is 1. The summed E-state index contributed by atoms with van der Waals surface area (Å²) < 4.78 is 0. The lowest BCUT2D eigenvalue weighted by molar-refractivity contribution is 0.102. The van der Waals surface area contributed by atoms with Crippen LogP contribution in [-0.2, 0) is 0 Å². The molecule has 4 N–H and O–H groups in total. The molecule has 3 aromatic rings. The van der Waals surface area contributed by atoms with Gasteiger partial charge in [0.15, 0.2) is 11.0 Å². The second kappa shape index (κ2) is 4.82. The Balaban J connectivity index is 1.91. The molecule has 0 radical (unpaired) electrons. The molecule has 7 heteroatoms. The molecule has 3 rings (SSSR count). The zero-order chi connectivity index (χ0) is 14.1. The average molecular weight is 288 g/mol. The number of nitrogens with one attached hydrogen (secondary N) is 2. The van der Waals surface area contributed by atoms with Crippen LogP contribution in [-0.4, -0.2) is 21.1 Å². The molecule has 0 fully saturated rings. The number of benzene rings is 1. The Bertz CT molecular complexity index is 781. The number of carbonyl (C=O) groups excluding carboxylic acids is 1. The maximum Gasteiger partial charge on any atom is 0.259 e. The zero-order valence-electron chi connectivity index (χ0n) is 10.2. The van der Waals surface area contributed by atoms with Crippen molar-refractivity contribution >= 4 is 39.9 Å². The summed E-state index contributed by atoms with van der Waals surface area (Å²) >= 11 is 5.64. The van der Waals surface area contributed by atoms with Gasteiger partial charge in [-0.15, -0.1) is 10.2 Å². The number of aromatic amines is 1. The molecule has 0 bridgehead atoms. The third-order valence-corrected chi connectivity index (χ3v) is 3.03. The highest BCUT2D eigenvalue weighted by atomic mass is 35.5. The molecule has 1 amide bonds. The largest absolute Gasteiger partial charge is 0.399 e. The molecule has 2 aromatic heterocycles. The lowest BCUT2D eigenvalue weighted by Gasteiger charge is -2.02. The van der Waals surface area contributed by atoms with Gasteiger partial charge in [0.25, 0.3) is 5.91 Å². The highest BCUT2D eigenvalue weighted by molar-refractivity contribution is 6.29. The lowest BCUT2D eigenvalue weighted by Crippen LogP contribution is -2.12. The third kappa shape index (κ3) is 2.28. The summed E-state index contributed by atoms with van der Waals surface area (Å²) in [6, 6.07) is 8.45. The summed E-state index contributed by atoms with van der Waals surface area (Å²) in [7, 11) is 0. The van der Waals surface area contributed by atoms with Crippen molar-refractivity contribution in [2.24, 2.45) is 0 Å². The molecule has 100 valence electrons. The van der Waals surface area contributed by atoms with Crippen LogP contribution in [0.15, 0.2) is 36.5 Å². The topological polar surface area (TPSA) is 96.7 Å². The molecule has 6 nitrogen and oxygen atoms in total. The quantitative estimate of drug-likeness (QED) is 0.631. The van der Waals surface area contributed by atoms with Gasteiger partial charge >= 0.3 is 0 Å². The van der Waals surface area contributed by atoms with Crippen LogP contribution in [0.4, 0.5) is 11.5 Å². The highest BCUT2D eigenvalue weighted by Gasteiger charge is 2.13. The minimum Gasteiger partial charge on any atom is -0.399 e. The normalized spacial score (nSPS) is 10.7. The van der Waals surface area contributed by atoms with Crippen molar-refractivity contribution in [1.29, 1.82) is 0 Å². The number of fused-ring (bicyclic) bond motifs is 1. The van der Waals surface area contributed by atoms with E-state index < -0.39 is 0 Å². The van der Waals surface area contributed by atoms with Crippen LogP contribution in [0.1, 0.15) is 10.4 Å². The Morgan fingerprint density at radius 2 is 2.10 bits per heavy atom. The first-order chi connectivity index (χ1) is 9.63. The maximum atomic E-state index is 12.2. The number of nitrogen functional groups attached to an aromatic ring is 1. The van der Waals surface area contributed by atoms with E-state index in [0.29, 0.717) is 17.1 Å². The highest BCUT2D eigenvalue weighted by Crippen LogP contribution is 2.21. The van der Waals surface area contributed by atoms with Crippen molar-refractivity contribution in [3.05, 3.63) is 47.2 Å². The number of hydrogen-bond donors (Lipinski definition) is 3. The number of H-pyrrole nitrogens is 1. The fourth-order valence-electron chi connectivity index (χ4n) is 1.90. The van der Waals surface area contributed by atoms with Crippen LogP contribution in [0.2, 0.25) is 5.15 Å². The molecule has 0 atom stereocenters. The van der Waals surface area contributed by atoms with Crippen LogP contribution in [0.5, 0.6) is 0 Å². The fraction of sp³-hybridized carbons (Fsp3) is 0. The second-order valence-corrected chi connectivity index (χ2v) is 4.59. The molecule has 0 saturated carbocycles. The summed E-state index contributed by atoms with van der Waals surface area (Å²) in [6.45, 7) is 0. The lowest BCUT2D eigenvalue weighted by atomic mass is 10.1. The van der Waals surface area contributed by atoms with Crippen molar-refractivity contribution in [3.63, 3.8) is 0 Å². The van der Waals surface area contributed by atoms with Gasteiger partial charge in [-0.2, -0.15) is 0 Å². The van der Waals surface area contributed by atoms with Crippen molar-refractivity contribution < 1.29 is 4.79 Å². The number of aromatic nitrogens is 3. The van der Waals surface area contributed by atoms with E-state index in [4.69, 9.17) is 17.3 Å². The fourth-order valence-corrected chi connectivity index (χ4v) is 2.00. The molecule has 2 heterocycles. The van der Waals surface area contributed by atoms with Gasteiger partial charge in [0.05, 0.1) is 5.56 Å². The summed E-state index contributed by atoms with van der Waals surface area (Å²) in [5.41, 5.74) is 7.64. The van der Waals surface area contributed by atoms with Crippen molar-refractivity contribution in [1.82, 2.24) is 15.2 Å². The predicted molar refractivity (Wildman–Crippen MR) is 77.7 cm³/mol. The SMILES string of the molecule is Nc1ccc2c(C(=O)Nc3ccc(Cl)nn3)c[nH]c2c1. The number of nitrogens with two attached hydrogens (primary N) is 1. The van der Waals surface area contributed by atoms with Gasteiger partial charge in [-0.3, -0.25) is 4.79 Å². The summed E-state index contributed by atoms with van der Waals surface area (Å²) in [4.78, 5) is 15.2. The Morgan fingerprint density at radius 1 is 1.25 bits per heavy atom. The molecular formula is C13H10ClN5O. The van der Waals surface area contributed by atoms with Crippen LogP contribution in [0.25, 0.3) is 10.9 Å². The van der Waals surface area contributed by atoms with Crippen molar-refractivity contribution in [3.8, 4) is 0 Å². The van der Waals surface area contributed by atoms with Crippen LogP contribution < -0.4 is 11.1 Å². The second-order valence-electron chi connectivity index (χ2n) is 4.20. The number of rotatable bonds is 2. The Morgan fingerprint density at radius 3 is 2.85 bits per heavy atom. The predicted octanol–water partition coefficient (Wildman–Crippen LogP) is 2.45. The van der Waals surface area contributed by atoms with Gasteiger partial charge in [0.1, 0.15) is 0 Å². The molecule has 0 aliphatic carbocycles. The molecule has 1 aromatic carbocycles. The van der Waals surface area contributed by atoms with Crippen LogP contribution >= 0.6 is 11.6 Å². The van der Waals surface area contributed by atoms with Crippen molar-refractivity contribution in [2.45, 2.75) is 0 Å². The van der Waals surface area contributed by atoms with E-state index >= 15 is 0 Å². The Kier molecular flexibility index (Phi) is 3.00. The molecule has 20 heavy (non-hydrogen) atoms. The monoisotopic (exact) mass is 287 g/mol. The average Bonchev–Trinajstić information content (AvgIpc) is 2.84.